The molecule has 1 aromatic carbocycles. The maximum absolute atomic E-state index is 13.3. The van der Waals surface area contributed by atoms with Crippen molar-refractivity contribution >= 4 is 28.2 Å². The van der Waals surface area contributed by atoms with Crippen molar-refractivity contribution < 1.29 is 4.39 Å². The van der Waals surface area contributed by atoms with Gasteiger partial charge >= 0.3 is 0 Å². The number of rotatable bonds is 1. The van der Waals surface area contributed by atoms with Gasteiger partial charge in [0.05, 0.1) is 11.1 Å². The number of allylic oxidation sites excluding steroid dienone is 1. The third-order valence-electron chi connectivity index (χ3n) is 1.66. The van der Waals surface area contributed by atoms with Crippen LogP contribution in [0.4, 0.5) is 4.39 Å². The molecule has 0 aliphatic heterocycles. The monoisotopic (exact) mass is 229 g/mol. The molecular weight excluding hydrogens is 224 g/mol. The minimum atomic E-state index is -0.530. The molecule has 14 heavy (non-hydrogen) atoms. The van der Waals surface area contributed by atoms with Crippen molar-refractivity contribution in [2.24, 2.45) is 0 Å². The Balaban J connectivity index is 3.29. The predicted octanol–water partition coefficient (Wildman–Crippen LogP) is 3.97. The molecule has 0 radical (unpaired) electrons. The minimum absolute atomic E-state index is 0.113. The van der Waals surface area contributed by atoms with E-state index in [0.717, 1.165) is 6.07 Å². The molecule has 0 aliphatic rings. The molecular formula is C10H6Cl2FN. The van der Waals surface area contributed by atoms with Crippen LogP contribution in [0.2, 0.25) is 5.02 Å². The second-order valence-electron chi connectivity index (χ2n) is 2.67. The highest BCUT2D eigenvalue weighted by Crippen LogP contribution is 2.26. The highest BCUT2D eigenvalue weighted by atomic mass is 35.5. The second-order valence-corrected chi connectivity index (χ2v) is 3.49. The minimum Gasteiger partial charge on any atom is -0.206 e. The topological polar surface area (TPSA) is 23.8 Å². The summed E-state index contributed by atoms with van der Waals surface area (Å²) in [6.45, 7) is 1.52. The van der Waals surface area contributed by atoms with Crippen LogP contribution in [0.5, 0.6) is 0 Å². The Hall–Kier alpha value is -1.04. The zero-order valence-electron chi connectivity index (χ0n) is 7.31. The summed E-state index contributed by atoms with van der Waals surface area (Å²) >= 11 is 11.4. The van der Waals surface area contributed by atoms with E-state index in [1.54, 1.807) is 0 Å². The van der Waals surface area contributed by atoms with E-state index in [9.17, 15) is 4.39 Å². The highest BCUT2D eigenvalue weighted by molar-refractivity contribution is 6.49. The quantitative estimate of drug-likeness (QED) is 0.669. The third kappa shape index (κ3) is 2.25. The molecule has 1 aromatic rings. The first-order valence-corrected chi connectivity index (χ1v) is 4.53. The van der Waals surface area contributed by atoms with Crippen molar-refractivity contribution in [3.63, 3.8) is 0 Å². The van der Waals surface area contributed by atoms with Crippen LogP contribution in [0.15, 0.2) is 23.8 Å². The van der Waals surface area contributed by atoms with E-state index >= 15 is 0 Å². The van der Waals surface area contributed by atoms with E-state index in [0.29, 0.717) is 5.02 Å². The molecule has 0 spiro atoms. The van der Waals surface area contributed by atoms with Gasteiger partial charge in [-0.25, -0.2) is 4.39 Å². The molecule has 0 aliphatic carbocycles. The molecule has 0 N–H and O–H groups in total. The Morgan fingerprint density at radius 2 is 2.14 bits per heavy atom. The molecule has 1 rings (SSSR count). The molecule has 72 valence electrons. The summed E-state index contributed by atoms with van der Waals surface area (Å²) in [5.74, 6) is -0.530. The van der Waals surface area contributed by atoms with Crippen molar-refractivity contribution in [2.45, 2.75) is 6.92 Å². The van der Waals surface area contributed by atoms with Crippen LogP contribution in [-0.4, -0.2) is 0 Å². The summed E-state index contributed by atoms with van der Waals surface area (Å²) in [5.41, 5.74) is 0.461. The van der Waals surface area contributed by atoms with Gasteiger partial charge in [0, 0.05) is 16.2 Å². The summed E-state index contributed by atoms with van der Waals surface area (Å²) < 4.78 is 13.3. The smallest absolute Gasteiger partial charge is 0.133 e. The van der Waals surface area contributed by atoms with Gasteiger partial charge in [-0.1, -0.05) is 23.2 Å². The van der Waals surface area contributed by atoms with Gasteiger partial charge in [-0.15, -0.1) is 0 Å². The maximum atomic E-state index is 13.3. The van der Waals surface area contributed by atoms with Gasteiger partial charge in [0.15, 0.2) is 0 Å². The van der Waals surface area contributed by atoms with E-state index in [1.165, 1.54) is 19.1 Å². The lowest BCUT2D eigenvalue weighted by molar-refractivity contribution is 0.624. The fourth-order valence-corrected chi connectivity index (χ4v) is 1.27. The molecule has 0 aromatic heterocycles. The normalized spacial score (nSPS) is 11.9. The Morgan fingerprint density at radius 1 is 1.50 bits per heavy atom. The van der Waals surface area contributed by atoms with E-state index in [1.807, 2.05) is 6.07 Å². The molecule has 4 heteroatoms. The molecule has 0 bridgehead atoms. The van der Waals surface area contributed by atoms with Crippen LogP contribution in [-0.2, 0) is 0 Å². The zero-order chi connectivity index (χ0) is 10.7. The molecule has 0 saturated heterocycles. The van der Waals surface area contributed by atoms with Crippen LogP contribution >= 0.6 is 23.2 Å². The predicted molar refractivity (Wildman–Crippen MR) is 55.5 cm³/mol. The summed E-state index contributed by atoms with van der Waals surface area (Å²) in [7, 11) is 0. The number of halogens is 3. The van der Waals surface area contributed by atoms with Gasteiger partial charge in [-0.05, 0) is 25.1 Å². The zero-order valence-corrected chi connectivity index (χ0v) is 8.83. The number of hydrogen-bond donors (Lipinski definition) is 0. The first kappa shape index (κ1) is 11.0. The SMILES string of the molecule is CC(C#N)=C(Cl)c1ccc(Cl)cc1F. The maximum Gasteiger partial charge on any atom is 0.133 e. The van der Waals surface area contributed by atoms with Crippen molar-refractivity contribution in [2.75, 3.05) is 0 Å². The highest BCUT2D eigenvalue weighted by Gasteiger charge is 2.08. The standard InChI is InChI=1S/C10H6Cl2FN/c1-6(5-14)10(12)8-3-2-7(11)4-9(8)13/h2-4H,1H3. The van der Waals surface area contributed by atoms with Gasteiger partial charge in [0.2, 0.25) is 0 Å². The fraction of sp³-hybridized carbons (Fsp3) is 0.100. The molecule has 0 unspecified atom stereocenters. The number of nitrogens with zero attached hydrogens (tertiary/aromatic N) is 1. The Morgan fingerprint density at radius 3 is 2.64 bits per heavy atom. The third-order valence-corrected chi connectivity index (χ3v) is 2.39. The average molecular weight is 230 g/mol. The van der Waals surface area contributed by atoms with Gasteiger partial charge in [0.1, 0.15) is 5.82 Å². The average Bonchev–Trinajstić information content (AvgIpc) is 2.15. The molecule has 1 nitrogen and oxygen atoms in total. The van der Waals surface area contributed by atoms with E-state index in [4.69, 9.17) is 28.5 Å². The Kier molecular flexibility index (Phi) is 3.51. The van der Waals surface area contributed by atoms with Gasteiger partial charge in [-0.2, -0.15) is 5.26 Å². The first-order chi connectivity index (χ1) is 6.56. The van der Waals surface area contributed by atoms with Gasteiger partial charge in [0.25, 0.3) is 0 Å². The molecule has 0 saturated carbocycles. The Bertz CT molecular complexity index is 432. The van der Waals surface area contributed by atoms with Crippen molar-refractivity contribution in [1.82, 2.24) is 0 Å². The lowest BCUT2D eigenvalue weighted by atomic mass is 10.1. The number of nitriles is 1. The van der Waals surface area contributed by atoms with Crippen LogP contribution in [0.1, 0.15) is 12.5 Å². The number of benzene rings is 1. The second kappa shape index (κ2) is 4.45. The lowest BCUT2D eigenvalue weighted by Gasteiger charge is -2.02. The van der Waals surface area contributed by atoms with Crippen LogP contribution in [0.25, 0.3) is 5.03 Å². The van der Waals surface area contributed by atoms with Crippen molar-refractivity contribution in [1.29, 1.82) is 5.26 Å². The first-order valence-electron chi connectivity index (χ1n) is 3.78. The fourth-order valence-electron chi connectivity index (χ4n) is 0.919. The van der Waals surface area contributed by atoms with Gasteiger partial charge < -0.3 is 0 Å². The summed E-state index contributed by atoms with van der Waals surface area (Å²) in [5, 5.41) is 8.98. The summed E-state index contributed by atoms with van der Waals surface area (Å²) in [6, 6.07) is 5.98. The van der Waals surface area contributed by atoms with E-state index < -0.39 is 5.82 Å². The molecule has 0 atom stereocenters. The van der Waals surface area contributed by atoms with Crippen molar-refractivity contribution in [3.8, 4) is 6.07 Å². The number of hydrogen-bond acceptors (Lipinski definition) is 1. The lowest BCUT2D eigenvalue weighted by Crippen LogP contribution is -1.87. The molecule has 0 amide bonds. The van der Waals surface area contributed by atoms with Crippen LogP contribution < -0.4 is 0 Å². The Labute approximate surface area is 91.4 Å². The molecule has 0 heterocycles. The van der Waals surface area contributed by atoms with E-state index in [2.05, 4.69) is 0 Å². The summed E-state index contributed by atoms with van der Waals surface area (Å²) in [6.07, 6.45) is 0. The summed E-state index contributed by atoms with van der Waals surface area (Å²) in [4.78, 5) is 0. The molecule has 0 fully saturated rings. The van der Waals surface area contributed by atoms with Crippen molar-refractivity contribution in [3.05, 3.63) is 40.2 Å². The van der Waals surface area contributed by atoms with Crippen LogP contribution in [0.3, 0.4) is 0 Å². The van der Waals surface area contributed by atoms with E-state index in [-0.39, 0.29) is 16.2 Å². The van der Waals surface area contributed by atoms with Crippen LogP contribution in [0, 0.1) is 17.1 Å². The van der Waals surface area contributed by atoms with Gasteiger partial charge in [-0.3, -0.25) is 0 Å². The largest absolute Gasteiger partial charge is 0.206 e.